The van der Waals surface area contributed by atoms with Gasteiger partial charge in [0.05, 0.1) is 6.61 Å². The quantitative estimate of drug-likeness (QED) is 0.357. The highest BCUT2D eigenvalue weighted by molar-refractivity contribution is 6.06. The standard InChI is InChI=1S/C35H39NO4/c1-7-16-40-29-15-14-24(17-30(29)39-8-2)31-32-25(18-34(3,4)20-27(32)37)36(22-23-12-10-9-11-13-23)26-19-35(5,6)21-28(38)33(26)31/h1,9-15,17,31H,8,16,18-22H2,2-6H3. The lowest BCUT2D eigenvalue weighted by molar-refractivity contribution is -0.119. The number of terminal acetylenes is 1. The van der Waals surface area contributed by atoms with Gasteiger partial charge in [-0.05, 0) is 53.9 Å². The topological polar surface area (TPSA) is 55.8 Å². The van der Waals surface area contributed by atoms with Gasteiger partial charge >= 0.3 is 0 Å². The summed E-state index contributed by atoms with van der Waals surface area (Å²) >= 11 is 0. The molecule has 0 bridgehead atoms. The van der Waals surface area contributed by atoms with E-state index in [1.807, 2.05) is 43.3 Å². The van der Waals surface area contributed by atoms with Crippen LogP contribution in [0.4, 0.5) is 0 Å². The number of carbonyl (C=O) groups is 2. The SMILES string of the molecule is C#CCOc1ccc(C2C3=C(CC(C)(C)CC3=O)N(Cc3ccccc3)C3=C2C(=O)CC(C)(C)C3)cc1OCC. The van der Waals surface area contributed by atoms with Crippen LogP contribution in [0, 0.1) is 23.2 Å². The highest BCUT2D eigenvalue weighted by atomic mass is 16.5. The molecule has 0 unspecified atom stereocenters. The van der Waals surface area contributed by atoms with E-state index in [1.165, 1.54) is 0 Å². The van der Waals surface area contributed by atoms with Crippen LogP contribution in [-0.2, 0) is 16.1 Å². The number of hydrogen-bond acceptors (Lipinski definition) is 5. The van der Waals surface area contributed by atoms with Gasteiger partial charge in [0.1, 0.15) is 6.61 Å². The maximum atomic E-state index is 14.1. The van der Waals surface area contributed by atoms with Crippen molar-refractivity contribution in [3.8, 4) is 23.8 Å². The largest absolute Gasteiger partial charge is 0.490 e. The van der Waals surface area contributed by atoms with Crippen molar-refractivity contribution in [2.24, 2.45) is 10.8 Å². The van der Waals surface area contributed by atoms with Gasteiger partial charge in [0.15, 0.2) is 23.1 Å². The molecule has 0 amide bonds. The van der Waals surface area contributed by atoms with Crippen LogP contribution in [0.25, 0.3) is 0 Å². The second-order valence-corrected chi connectivity index (χ2v) is 12.7. The second kappa shape index (κ2) is 10.7. The van der Waals surface area contributed by atoms with E-state index in [9.17, 15) is 9.59 Å². The van der Waals surface area contributed by atoms with Crippen LogP contribution in [0.1, 0.15) is 77.3 Å². The summed E-state index contributed by atoms with van der Waals surface area (Å²) in [5, 5.41) is 0. The van der Waals surface area contributed by atoms with Gasteiger partial charge in [0.2, 0.25) is 0 Å². The molecule has 0 fully saturated rings. The van der Waals surface area contributed by atoms with Gasteiger partial charge in [0.25, 0.3) is 0 Å². The zero-order valence-corrected chi connectivity index (χ0v) is 24.3. The van der Waals surface area contributed by atoms with E-state index in [4.69, 9.17) is 15.9 Å². The summed E-state index contributed by atoms with van der Waals surface area (Å²) in [7, 11) is 0. The average Bonchev–Trinajstić information content (AvgIpc) is 2.88. The lowest BCUT2D eigenvalue weighted by atomic mass is 9.63. The molecule has 0 spiro atoms. The third kappa shape index (κ3) is 5.32. The summed E-state index contributed by atoms with van der Waals surface area (Å²) in [5.74, 6) is 3.42. The molecule has 2 aliphatic carbocycles. The van der Waals surface area contributed by atoms with Crippen molar-refractivity contribution < 1.29 is 19.1 Å². The molecule has 2 aromatic rings. The first kappa shape index (κ1) is 27.8. The molecule has 0 aromatic heterocycles. The number of benzene rings is 2. The highest BCUT2D eigenvalue weighted by Crippen LogP contribution is 2.55. The molecule has 1 aliphatic heterocycles. The summed E-state index contributed by atoms with van der Waals surface area (Å²) in [6, 6.07) is 16.1. The second-order valence-electron chi connectivity index (χ2n) is 12.7. The minimum absolute atomic E-state index is 0.115. The van der Waals surface area contributed by atoms with E-state index < -0.39 is 5.92 Å². The Morgan fingerprint density at radius 2 is 1.45 bits per heavy atom. The maximum absolute atomic E-state index is 14.1. The van der Waals surface area contributed by atoms with Crippen molar-refractivity contribution in [2.45, 2.75) is 72.8 Å². The zero-order valence-electron chi connectivity index (χ0n) is 24.3. The maximum Gasteiger partial charge on any atom is 0.162 e. The van der Waals surface area contributed by atoms with Crippen LogP contribution in [0.2, 0.25) is 0 Å². The highest BCUT2D eigenvalue weighted by Gasteiger charge is 2.49. The molecule has 40 heavy (non-hydrogen) atoms. The Hall–Kier alpha value is -3.78. The van der Waals surface area contributed by atoms with Crippen molar-refractivity contribution in [3.63, 3.8) is 0 Å². The normalized spacial score (nSPS) is 20.1. The molecule has 0 radical (unpaired) electrons. The minimum atomic E-state index is -0.440. The van der Waals surface area contributed by atoms with Gasteiger partial charge in [-0.3, -0.25) is 9.59 Å². The third-order valence-corrected chi connectivity index (χ3v) is 8.12. The van der Waals surface area contributed by atoms with E-state index >= 15 is 0 Å². The van der Waals surface area contributed by atoms with Gasteiger partial charge in [0, 0.05) is 47.8 Å². The lowest BCUT2D eigenvalue weighted by Gasteiger charge is -2.49. The molecule has 1 heterocycles. The third-order valence-electron chi connectivity index (χ3n) is 8.12. The molecule has 0 N–H and O–H groups in total. The Kier molecular flexibility index (Phi) is 7.40. The molecule has 5 nitrogen and oxygen atoms in total. The van der Waals surface area contributed by atoms with Crippen LogP contribution in [0.5, 0.6) is 11.5 Å². The van der Waals surface area contributed by atoms with Crippen molar-refractivity contribution in [1.29, 1.82) is 0 Å². The monoisotopic (exact) mass is 537 g/mol. The molecular weight excluding hydrogens is 498 g/mol. The summed E-state index contributed by atoms with van der Waals surface area (Å²) in [6.07, 6.45) is 7.87. The molecule has 2 aromatic carbocycles. The molecular formula is C35H39NO4. The fourth-order valence-corrected chi connectivity index (χ4v) is 6.55. The Morgan fingerprint density at radius 3 is 2.00 bits per heavy atom. The molecule has 0 saturated carbocycles. The van der Waals surface area contributed by atoms with Crippen LogP contribution >= 0.6 is 0 Å². The average molecular weight is 538 g/mol. The van der Waals surface area contributed by atoms with E-state index in [0.717, 1.165) is 46.5 Å². The Morgan fingerprint density at radius 1 is 0.850 bits per heavy atom. The van der Waals surface area contributed by atoms with Crippen LogP contribution < -0.4 is 9.47 Å². The number of rotatable bonds is 7. The van der Waals surface area contributed by atoms with Gasteiger partial charge in [-0.1, -0.05) is 70.0 Å². The fourth-order valence-electron chi connectivity index (χ4n) is 6.55. The Balaban J connectivity index is 1.74. The van der Waals surface area contributed by atoms with Crippen LogP contribution in [0.3, 0.4) is 0 Å². The predicted molar refractivity (Wildman–Crippen MR) is 157 cm³/mol. The fraction of sp³-hybridized carbons (Fsp3) is 0.429. The van der Waals surface area contributed by atoms with E-state index in [-0.39, 0.29) is 29.0 Å². The molecule has 0 saturated heterocycles. The number of nitrogens with zero attached hydrogens (tertiary/aromatic N) is 1. The Labute approximate surface area is 238 Å². The minimum Gasteiger partial charge on any atom is -0.490 e. The predicted octanol–water partition coefficient (Wildman–Crippen LogP) is 6.98. The van der Waals surface area contributed by atoms with E-state index in [2.05, 4.69) is 50.6 Å². The number of carbonyl (C=O) groups excluding carboxylic acids is 2. The lowest BCUT2D eigenvalue weighted by Crippen LogP contribution is -2.44. The van der Waals surface area contributed by atoms with E-state index in [1.54, 1.807) is 0 Å². The summed E-state index contributed by atoms with van der Waals surface area (Å²) in [6.45, 7) is 11.8. The Bertz CT molecular complexity index is 1380. The number of ether oxygens (including phenoxy) is 2. The molecule has 3 aliphatic rings. The molecule has 5 rings (SSSR count). The molecule has 208 valence electrons. The van der Waals surface area contributed by atoms with E-state index in [0.29, 0.717) is 37.5 Å². The summed E-state index contributed by atoms with van der Waals surface area (Å²) < 4.78 is 11.7. The first-order valence-electron chi connectivity index (χ1n) is 14.2. The smallest absolute Gasteiger partial charge is 0.162 e. The number of Topliss-reactive ketones (excluding diaryl/α,β-unsaturated/α-hetero) is 2. The summed E-state index contributed by atoms with van der Waals surface area (Å²) in [4.78, 5) is 30.4. The first-order chi connectivity index (χ1) is 19.0. The van der Waals surface area contributed by atoms with Crippen LogP contribution in [-0.4, -0.2) is 29.7 Å². The summed E-state index contributed by atoms with van der Waals surface area (Å²) in [5.41, 5.74) is 5.27. The van der Waals surface area contributed by atoms with Crippen molar-refractivity contribution in [3.05, 3.63) is 82.2 Å². The first-order valence-corrected chi connectivity index (χ1v) is 14.2. The molecule has 0 atom stereocenters. The number of ketones is 2. The van der Waals surface area contributed by atoms with Crippen molar-refractivity contribution >= 4 is 11.6 Å². The van der Waals surface area contributed by atoms with Crippen LogP contribution in [0.15, 0.2) is 71.1 Å². The number of allylic oxidation sites excluding steroid dienone is 4. The van der Waals surface area contributed by atoms with Crippen molar-refractivity contribution in [2.75, 3.05) is 13.2 Å². The van der Waals surface area contributed by atoms with Gasteiger partial charge in [-0.15, -0.1) is 6.42 Å². The van der Waals surface area contributed by atoms with Gasteiger partial charge < -0.3 is 14.4 Å². The number of hydrogen-bond donors (Lipinski definition) is 0. The van der Waals surface area contributed by atoms with Crippen molar-refractivity contribution in [1.82, 2.24) is 4.90 Å². The molecule has 5 heteroatoms. The zero-order chi connectivity index (χ0) is 28.7. The van der Waals surface area contributed by atoms with Gasteiger partial charge in [-0.25, -0.2) is 0 Å². The van der Waals surface area contributed by atoms with Gasteiger partial charge in [-0.2, -0.15) is 0 Å².